The summed E-state index contributed by atoms with van der Waals surface area (Å²) in [7, 11) is 0. The van der Waals surface area contributed by atoms with Crippen LogP contribution in [0.4, 0.5) is 5.13 Å². The summed E-state index contributed by atoms with van der Waals surface area (Å²) >= 11 is 1.50. The molecule has 0 spiro atoms. The maximum absolute atomic E-state index is 5.68. The van der Waals surface area contributed by atoms with Crippen molar-refractivity contribution in [2.75, 3.05) is 5.73 Å². The van der Waals surface area contributed by atoms with Crippen LogP contribution < -0.4 is 5.73 Å². The number of rotatable bonds is 2. The van der Waals surface area contributed by atoms with Gasteiger partial charge in [0.15, 0.2) is 5.13 Å². The molecule has 1 aromatic carbocycles. The lowest BCUT2D eigenvalue weighted by Crippen LogP contribution is -2.04. The van der Waals surface area contributed by atoms with Gasteiger partial charge in [-0.3, -0.25) is 0 Å². The lowest BCUT2D eigenvalue weighted by atomic mass is 9.92. The first kappa shape index (κ1) is 10.6. The fourth-order valence-corrected chi connectivity index (χ4v) is 4.19. The lowest BCUT2D eigenvalue weighted by molar-refractivity contribution is 0.657. The molecule has 0 aliphatic heterocycles. The highest BCUT2D eigenvalue weighted by Gasteiger charge is 2.57. The first-order valence-corrected chi connectivity index (χ1v) is 7.48. The van der Waals surface area contributed by atoms with Gasteiger partial charge in [0, 0.05) is 10.9 Å². The SMILES string of the molecule is Nc1nc(-c2ccc(C34CCCC3C4)cc2)cs1. The summed E-state index contributed by atoms with van der Waals surface area (Å²) in [5.41, 5.74) is 9.95. The van der Waals surface area contributed by atoms with Crippen LogP contribution >= 0.6 is 11.3 Å². The standard InChI is InChI=1S/C15H16N2S/c16-14-17-13(9-18-14)10-3-5-11(6-4-10)15-7-1-2-12(15)8-15/h3-6,9,12H,1-2,7-8H2,(H2,16,17). The van der Waals surface area contributed by atoms with Crippen molar-refractivity contribution in [3.63, 3.8) is 0 Å². The van der Waals surface area contributed by atoms with Gasteiger partial charge in [-0.25, -0.2) is 4.98 Å². The van der Waals surface area contributed by atoms with Crippen molar-refractivity contribution >= 4 is 16.5 Å². The molecule has 2 unspecified atom stereocenters. The molecule has 2 N–H and O–H groups in total. The van der Waals surface area contributed by atoms with Gasteiger partial charge in [-0.2, -0.15) is 0 Å². The third-order valence-corrected chi connectivity index (χ3v) is 5.36. The third kappa shape index (κ3) is 1.43. The number of nitrogens with two attached hydrogens (primary N) is 1. The Hall–Kier alpha value is -1.35. The molecule has 2 saturated carbocycles. The van der Waals surface area contributed by atoms with Crippen LogP contribution in [0.2, 0.25) is 0 Å². The molecule has 2 nitrogen and oxygen atoms in total. The number of anilines is 1. The Morgan fingerprint density at radius 1 is 1.28 bits per heavy atom. The monoisotopic (exact) mass is 256 g/mol. The van der Waals surface area contributed by atoms with Crippen LogP contribution in [0.3, 0.4) is 0 Å². The molecule has 1 heterocycles. The maximum Gasteiger partial charge on any atom is 0.180 e. The molecule has 1 aromatic heterocycles. The highest BCUT2D eigenvalue weighted by molar-refractivity contribution is 7.13. The van der Waals surface area contributed by atoms with Crippen molar-refractivity contribution in [2.24, 2.45) is 5.92 Å². The fourth-order valence-electron chi connectivity index (χ4n) is 3.62. The van der Waals surface area contributed by atoms with E-state index >= 15 is 0 Å². The average Bonchev–Trinajstić information content (AvgIpc) is 2.75. The van der Waals surface area contributed by atoms with E-state index in [0.717, 1.165) is 11.6 Å². The quantitative estimate of drug-likeness (QED) is 0.886. The Bertz CT molecular complexity index is 587. The summed E-state index contributed by atoms with van der Waals surface area (Å²) in [5.74, 6) is 0.971. The minimum atomic E-state index is 0.555. The summed E-state index contributed by atoms with van der Waals surface area (Å²) in [5, 5.41) is 2.67. The molecule has 92 valence electrons. The molecular formula is C15H16N2S. The van der Waals surface area contributed by atoms with Gasteiger partial charge in [-0.15, -0.1) is 11.3 Å². The predicted molar refractivity (Wildman–Crippen MR) is 75.6 cm³/mol. The van der Waals surface area contributed by atoms with Crippen LogP contribution in [0.5, 0.6) is 0 Å². The summed E-state index contributed by atoms with van der Waals surface area (Å²) < 4.78 is 0. The number of thiazole rings is 1. The number of fused-ring (bicyclic) bond motifs is 1. The number of aromatic nitrogens is 1. The summed E-state index contributed by atoms with van der Waals surface area (Å²) in [6, 6.07) is 9.00. The Morgan fingerprint density at radius 2 is 2.11 bits per heavy atom. The molecule has 0 saturated heterocycles. The number of nitrogen functional groups attached to an aromatic ring is 1. The number of hydrogen-bond acceptors (Lipinski definition) is 3. The van der Waals surface area contributed by atoms with E-state index in [2.05, 4.69) is 29.2 Å². The predicted octanol–water partition coefficient (Wildman–Crippen LogP) is 3.83. The van der Waals surface area contributed by atoms with E-state index in [1.54, 1.807) is 0 Å². The van der Waals surface area contributed by atoms with Crippen LogP contribution in [0.25, 0.3) is 11.3 Å². The summed E-state index contributed by atoms with van der Waals surface area (Å²) in [6.07, 6.45) is 5.65. The van der Waals surface area contributed by atoms with Gasteiger partial charge in [0.2, 0.25) is 0 Å². The minimum Gasteiger partial charge on any atom is -0.375 e. The number of hydrogen-bond donors (Lipinski definition) is 1. The molecule has 2 aliphatic carbocycles. The number of nitrogens with zero attached hydrogens (tertiary/aromatic N) is 1. The second kappa shape index (κ2) is 3.58. The molecule has 18 heavy (non-hydrogen) atoms. The van der Waals surface area contributed by atoms with Crippen LogP contribution in [0.15, 0.2) is 29.6 Å². The van der Waals surface area contributed by atoms with Crippen molar-refractivity contribution in [1.29, 1.82) is 0 Å². The van der Waals surface area contributed by atoms with Crippen LogP contribution in [0.1, 0.15) is 31.2 Å². The van der Waals surface area contributed by atoms with Crippen molar-refractivity contribution in [3.05, 3.63) is 35.2 Å². The van der Waals surface area contributed by atoms with Crippen molar-refractivity contribution < 1.29 is 0 Å². The van der Waals surface area contributed by atoms with Gasteiger partial charge in [-0.05, 0) is 36.2 Å². The highest BCUT2D eigenvalue weighted by Crippen LogP contribution is 2.64. The zero-order valence-electron chi connectivity index (χ0n) is 10.2. The largest absolute Gasteiger partial charge is 0.375 e. The zero-order valence-corrected chi connectivity index (χ0v) is 11.0. The topological polar surface area (TPSA) is 38.9 Å². The van der Waals surface area contributed by atoms with Crippen molar-refractivity contribution in [1.82, 2.24) is 4.98 Å². The normalized spacial score (nSPS) is 29.2. The molecule has 0 amide bonds. The Balaban J connectivity index is 1.66. The Kier molecular flexibility index (Phi) is 2.10. The molecule has 2 atom stereocenters. The van der Waals surface area contributed by atoms with E-state index in [1.165, 1.54) is 48.1 Å². The molecular weight excluding hydrogens is 240 g/mol. The Labute approximate surface area is 111 Å². The van der Waals surface area contributed by atoms with Gasteiger partial charge in [0.25, 0.3) is 0 Å². The summed E-state index contributed by atoms with van der Waals surface area (Å²) in [6.45, 7) is 0. The van der Waals surface area contributed by atoms with Crippen molar-refractivity contribution in [3.8, 4) is 11.3 Å². The molecule has 3 heteroatoms. The van der Waals surface area contributed by atoms with Crippen molar-refractivity contribution in [2.45, 2.75) is 31.1 Å². The molecule has 2 fully saturated rings. The van der Waals surface area contributed by atoms with E-state index in [-0.39, 0.29) is 0 Å². The zero-order chi connectivity index (χ0) is 12.2. The summed E-state index contributed by atoms with van der Waals surface area (Å²) in [4.78, 5) is 4.33. The second-order valence-electron chi connectivity index (χ2n) is 5.60. The van der Waals surface area contributed by atoms with Gasteiger partial charge in [-0.1, -0.05) is 30.7 Å². The lowest BCUT2D eigenvalue weighted by Gasteiger charge is -2.12. The number of benzene rings is 1. The highest BCUT2D eigenvalue weighted by atomic mass is 32.1. The van der Waals surface area contributed by atoms with Crippen LogP contribution in [-0.2, 0) is 5.41 Å². The van der Waals surface area contributed by atoms with Gasteiger partial charge in [0.05, 0.1) is 5.69 Å². The minimum absolute atomic E-state index is 0.555. The van der Waals surface area contributed by atoms with Gasteiger partial charge < -0.3 is 5.73 Å². The van der Waals surface area contributed by atoms with E-state index in [1.807, 2.05) is 5.38 Å². The molecule has 2 aliphatic rings. The third-order valence-electron chi connectivity index (χ3n) is 4.69. The smallest absolute Gasteiger partial charge is 0.180 e. The first-order valence-electron chi connectivity index (χ1n) is 6.60. The maximum atomic E-state index is 5.68. The van der Waals surface area contributed by atoms with Crippen LogP contribution in [-0.4, -0.2) is 4.98 Å². The van der Waals surface area contributed by atoms with Gasteiger partial charge in [0.1, 0.15) is 0 Å². The van der Waals surface area contributed by atoms with E-state index < -0.39 is 0 Å². The van der Waals surface area contributed by atoms with Crippen LogP contribution in [0, 0.1) is 5.92 Å². The first-order chi connectivity index (χ1) is 8.78. The van der Waals surface area contributed by atoms with E-state index in [0.29, 0.717) is 10.5 Å². The van der Waals surface area contributed by atoms with Gasteiger partial charge >= 0.3 is 0 Å². The molecule has 4 rings (SSSR count). The molecule has 0 radical (unpaired) electrons. The van der Waals surface area contributed by atoms with E-state index in [9.17, 15) is 0 Å². The average molecular weight is 256 g/mol. The fraction of sp³-hybridized carbons (Fsp3) is 0.400. The molecule has 2 aromatic rings. The molecule has 0 bridgehead atoms. The van der Waals surface area contributed by atoms with E-state index in [4.69, 9.17) is 5.73 Å². The Morgan fingerprint density at radius 3 is 2.67 bits per heavy atom. The second-order valence-corrected chi connectivity index (χ2v) is 6.49.